The Morgan fingerprint density at radius 3 is 2.67 bits per heavy atom. The molecule has 0 unspecified atom stereocenters. The molecule has 138 valence electrons. The van der Waals surface area contributed by atoms with Crippen LogP contribution < -0.4 is 10.1 Å². The number of rotatable bonds is 6. The summed E-state index contributed by atoms with van der Waals surface area (Å²) < 4.78 is 7.21. The maximum absolute atomic E-state index is 12.2. The molecule has 8 nitrogen and oxygen atoms in total. The second kappa shape index (κ2) is 7.69. The largest absolute Gasteiger partial charge is 0.457 e. The Morgan fingerprint density at radius 2 is 2.00 bits per heavy atom. The number of nitrogens with zero attached hydrogens (tertiary/aromatic N) is 3. The van der Waals surface area contributed by atoms with E-state index in [1.165, 1.54) is 16.8 Å². The number of hydrogen-bond acceptors (Lipinski definition) is 5. The minimum Gasteiger partial charge on any atom is -0.457 e. The second-order valence-corrected chi connectivity index (χ2v) is 6.15. The zero-order valence-electron chi connectivity index (χ0n) is 14.9. The lowest BCUT2D eigenvalue weighted by Gasteiger charge is -2.10. The number of ether oxygens (including phenoxy) is 1. The number of nitro benzene ring substituents is 1. The average molecular weight is 366 g/mol. The molecule has 1 amide bonds. The van der Waals surface area contributed by atoms with Gasteiger partial charge in [0.2, 0.25) is 5.91 Å². The molecular formula is C19H18N4O4. The van der Waals surface area contributed by atoms with Crippen molar-refractivity contribution in [3.63, 3.8) is 0 Å². The van der Waals surface area contributed by atoms with Gasteiger partial charge in [0.1, 0.15) is 18.0 Å². The first-order chi connectivity index (χ1) is 12.9. The van der Waals surface area contributed by atoms with Gasteiger partial charge < -0.3 is 10.1 Å². The molecule has 0 saturated carbocycles. The van der Waals surface area contributed by atoms with E-state index in [-0.39, 0.29) is 29.6 Å². The van der Waals surface area contributed by atoms with E-state index in [1.807, 2.05) is 32.0 Å². The number of nitrogens with one attached hydrogen (secondary N) is 1. The van der Waals surface area contributed by atoms with Gasteiger partial charge in [-0.05, 0) is 37.1 Å². The Kier molecular flexibility index (Phi) is 5.16. The van der Waals surface area contributed by atoms with Gasteiger partial charge in [-0.3, -0.25) is 19.6 Å². The van der Waals surface area contributed by atoms with Crippen LogP contribution >= 0.6 is 0 Å². The van der Waals surface area contributed by atoms with Crippen LogP contribution in [0.25, 0.3) is 0 Å². The van der Waals surface area contributed by atoms with Gasteiger partial charge in [-0.15, -0.1) is 0 Å². The predicted octanol–water partition coefficient (Wildman–Crippen LogP) is 3.84. The molecule has 1 N–H and O–H groups in total. The third kappa shape index (κ3) is 4.91. The van der Waals surface area contributed by atoms with Gasteiger partial charge in [0.25, 0.3) is 5.69 Å². The van der Waals surface area contributed by atoms with E-state index in [4.69, 9.17) is 4.74 Å². The lowest BCUT2D eigenvalue weighted by Crippen LogP contribution is -2.19. The standard InChI is InChI=1S/C19H18N4O4/c1-13-4-3-5-17(6-13)27-18-8-15(7-16(9-18)23(25)26)21-19(24)12-22-11-14(2)10-20-22/h3-11H,12H2,1-2H3,(H,21,24). The number of non-ortho nitro benzene ring substituents is 1. The van der Waals surface area contributed by atoms with Crippen LogP contribution in [0.5, 0.6) is 11.5 Å². The van der Waals surface area contributed by atoms with Crippen molar-refractivity contribution in [2.75, 3.05) is 5.32 Å². The molecule has 0 saturated heterocycles. The van der Waals surface area contributed by atoms with Crippen molar-refractivity contribution in [3.05, 3.63) is 76.1 Å². The minimum atomic E-state index is -0.532. The van der Waals surface area contributed by atoms with Crippen LogP contribution in [-0.2, 0) is 11.3 Å². The lowest BCUT2D eigenvalue weighted by atomic mass is 10.2. The Labute approximate surface area is 155 Å². The van der Waals surface area contributed by atoms with Crippen molar-refractivity contribution >= 4 is 17.3 Å². The van der Waals surface area contributed by atoms with Crippen LogP contribution in [0.4, 0.5) is 11.4 Å². The zero-order valence-corrected chi connectivity index (χ0v) is 14.9. The molecule has 0 bridgehead atoms. The van der Waals surface area contributed by atoms with Gasteiger partial charge >= 0.3 is 0 Å². The molecule has 0 aliphatic rings. The molecule has 0 fully saturated rings. The molecule has 2 aromatic carbocycles. The quantitative estimate of drug-likeness (QED) is 0.528. The Bertz CT molecular complexity index is 997. The predicted molar refractivity (Wildman–Crippen MR) is 99.9 cm³/mol. The summed E-state index contributed by atoms with van der Waals surface area (Å²) in [6.07, 6.45) is 3.38. The topological polar surface area (TPSA) is 99.3 Å². The molecule has 27 heavy (non-hydrogen) atoms. The van der Waals surface area contributed by atoms with E-state index in [9.17, 15) is 14.9 Å². The highest BCUT2D eigenvalue weighted by molar-refractivity contribution is 5.91. The number of benzene rings is 2. The molecular weight excluding hydrogens is 348 g/mol. The summed E-state index contributed by atoms with van der Waals surface area (Å²) >= 11 is 0. The number of amides is 1. The molecule has 1 heterocycles. The number of nitro groups is 1. The minimum absolute atomic E-state index is 0.00457. The van der Waals surface area contributed by atoms with Crippen molar-refractivity contribution in [2.45, 2.75) is 20.4 Å². The summed E-state index contributed by atoms with van der Waals surface area (Å²) in [5.41, 5.74) is 2.04. The monoisotopic (exact) mass is 366 g/mol. The summed E-state index contributed by atoms with van der Waals surface area (Å²) in [6, 6.07) is 11.5. The number of aryl methyl sites for hydroxylation is 2. The summed E-state index contributed by atoms with van der Waals surface area (Å²) in [4.78, 5) is 22.9. The third-order valence-corrected chi connectivity index (χ3v) is 3.68. The van der Waals surface area contributed by atoms with Crippen LogP contribution in [-0.4, -0.2) is 20.6 Å². The smallest absolute Gasteiger partial charge is 0.275 e. The fourth-order valence-electron chi connectivity index (χ4n) is 2.54. The fourth-order valence-corrected chi connectivity index (χ4v) is 2.54. The first kappa shape index (κ1) is 18.1. The average Bonchev–Trinajstić information content (AvgIpc) is 2.99. The van der Waals surface area contributed by atoms with Gasteiger partial charge in [0, 0.05) is 18.3 Å². The van der Waals surface area contributed by atoms with Gasteiger partial charge in [0.05, 0.1) is 22.9 Å². The van der Waals surface area contributed by atoms with Gasteiger partial charge in [-0.25, -0.2) is 0 Å². The van der Waals surface area contributed by atoms with Crippen molar-refractivity contribution in [1.82, 2.24) is 9.78 Å². The molecule has 3 aromatic rings. The van der Waals surface area contributed by atoms with Crippen LogP contribution in [0.2, 0.25) is 0 Å². The maximum Gasteiger partial charge on any atom is 0.275 e. The van der Waals surface area contributed by atoms with Gasteiger partial charge in [-0.2, -0.15) is 5.10 Å². The third-order valence-electron chi connectivity index (χ3n) is 3.68. The van der Waals surface area contributed by atoms with Gasteiger partial charge in [-0.1, -0.05) is 12.1 Å². The molecule has 0 atom stereocenters. The Balaban J connectivity index is 1.80. The Hall–Kier alpha value is -3.68. The van der Waals surface area contributed by atoms with Crippen LogP contribution in [0.1, 0.15) is 11.1 Å². The van der Waals surface area contributed by atoms with E-state index in [0.29, 0.717) is 5.75 Å². The maximum atomic E-state index is 12.2. The van der Waals surface area contributed by atoms with Crippen molar-refractivity contribution in [3.8, 4) is 11.5 Å². The van der Waals surface area contributed by atoms with Crippen molar-refractivity contribution in [2.24, 2.45) is 0 Å². The first-order valence-electron chi connectivity index (χ1n) is 8.22. The molecule has 0 aliphatic carbocycles. The van der Waals surface area contributed by atoms with E-state index in [2.05, 4.69) is 10.4 Å². The number of aromatic nitrogens is 2. The first-order valence-corrected chi connectivity index (χ1v) is 8.22. The SMILES string of the molecule is Cc1cccc(Oc2cc(NC(=O)Cn3cc(C)cn3)cc([N+](=O)[O-])c2)c1. The number of anilines is 1. The summed E-state index contributed by atoms with van der Waals surface area (Å²) in [6.45, 7) is 3.80. The zero-order chi connectivity index (χ0) is 19.4. The molecule has 8 heteroatoms. The lowest BCUT2D eigenvalue weighted by molar-refractivity contribution is -0.384. The normalized spacial score (nSPS) is 10.4. The van der Waals surface area contributed by atoms with Crippen molar-refractivity contribution in [1.29, 1.82) is 0 Å². The highest BCUT2D eigenvalue weighted by Gasteiger charge is 2.13. The van der Waals surface area contributed by atoms with Crippen molar-refractivity contribution < 1.29 is 14.5 Å². The van der Waals surface area contributed by atoms with Crippen LogP contribution in [0.3, 0.4) is 0 Å². The second-order valence-electron chi connectivity index (χ2n) is 6.15. The van der Waals surface area contributed by atoms with E-state index in [1.54, 1.807) is 24.5 Å². The molecule has 0 radical (unpaired) electrons. The van der Waals surface area contributed by atoms with Crippen LogP contribution in [0.15, 0.2) is 54.9 Å². The molecule has 0 spiro atoms. The van der Waals surface area contributed by atoms with Gasteiger partial charge in [0.15, 0.2) is 0 Å². The number of carbonyl (C=O) groups is 1. The van der Waals surface area contributed by atoms with Crippen LogP contribution in [0, 0.1) is 24.0 Å². The highest BCUT2D eigenvalue weighted by Crippen LogP contribution is 2.30. The number of hydrogen-bond donors (Lipinski definition) is 1. The molecule has 0 aliphatic heterocycles. The Morgan fingerprint density at radius 1 is 1.19 bits per heavy atom. The van der Waals surface area contributed by atoms with E-state index < -0.39 is 4.92 Å². The molecule has 1 aromatic heterocycles. The highest BCUT2D eigenvalue weighted by atomic mass is 16.6. The number of carbonyl (C=O) groups excluding carboxylic acids is 1. The fraction of sp³-hybridized carbons (Fsp3) is 0.158. The molecule has 3 rings (SSSR count). The van der Waals surface area contributed by atoms with E-state index in [0.717, 1.165) is 11.1 Å². The summed E-state index contributed by atoms with van der Waals surface area (Å²) in [7, 11) is 0. The summed E-state index contributed by atoms with van der Waals surface area (Å²) in [5.74, 6) is 0.472. The summed E-state index contributed by atoms with van der Waals surface area (Å²) in [5, 5.41) is 17.9. The van der Waals surface area contributed by atoms with E-state index >= 15 is 0 Å².